The molecule has 12 heteroatoms. The molecule has 3 aromatic rings. The van der Waals surface area contributed by atoms with Crippen LogP contribution in [0.15, 0.2) is 34.7 Å². The number of halogens is 3. The number of carbonyl (C=O) groups excluding carboxylic acids is 1. The van der Waals surface area contributed by atoms with E-state index < -0.39 is 17.6 Å². The molecule has 0 aliphatic carbocycles. The second-order valence-corrected chi connectivity index (χ2v) is 8.07. The molecule has 0 aliphatic heterocycles. The summed E-state index contributed by atoms with van der Waals surface area (Å²) in [6.07, 6.45) is -3.18. The number of hydrogen-bond acceptors (Lipinski definition) is 7. The number of aryl methyl sites for hydroxylation is 1. The summed E-state index contributed by atoms with van der Waals surface area (Å²) < 4.78 is 46.0. The van der Waals surface area contributed by atoms with E-state index in [0.29, 0.717) is 10.8 Å². The lowest BCUT2D eigenvalue weighted by molar-refractivity contribution is -0.137. The quantitative estimate of drug-likeness (QED) is 0.551. The van der Waals surface area contributed by atoms with Crippen LogP contribution in [0.25, 0.3) is 5.69 Å². The third kappa shape index (κ3) is 4.74. The molecule has 3 rings (SSSR count). The van der Waals surface area contributed by atoms with Gasteiger partial charge in [-0.3, -0.25) is 10.1 Å². The molecule has 30 heavy (non-hydrogen) atoms. The molecule has 0 saturated heterocycles. The molecule has 1 amide bonds. The number of methoxy groups -OCH3 is 1. The Morgan fingerprint density at radius 3 is 2.87 bits per heavy atom. The minimum Gasteiger partial charge on any atom is -0.493 e. The summed E-state index contributed by atoms with van der Waals surface area (Å²) in [5.41, 5.74) is -0.130. The highest BCUT2D eigenvalue weighted by Crippen LogP contribution is 2.33. The highest BCUT2D eigenvalue weighted by molar-refractivity contribution is 8.01. The number of hydrogen-bond donors (Lipinski definition) is 1. The van der Waals surface area contributed by atoms with Gasteiger partial charge >= 0.3 is 6.18 Å². The van der Waals surface area contributed by atoms with Gasteiger partial charge in [-0.2, -0.15) is 23.5 Å². The largest absolute Gasteiger partial charge is 0.493 e. The van der Waals surface area contributed by atoms with E-state index in [4.69, 9.17) is 10.00 Å². The van der Waals surface area contributed by atoms with Crippen molar-refractivity contribution in [1.82, 2.24) is 14.8 Å². The van der Waals surface area contributed by atoms with Crippen molar-refractivity contribution in [3.63, 3.8) is 0 Å². The first-order valence-corrected chi connectivity index (χ1v) is 10.1. The Morgan fingerprint density at radius 1 is 1.43 bits per heavy atom. The van der Waals surface area contributed by atoms with E-state index in [1.165, 1.54) is 48.5 Å². The van der Waals surface area contributed by atoms with Gasteiger partial charge in [-0.25, -0.2) is 9.67 Å². The van der Waals surface area contributed by atoms with E-state index in [2.05, 4.69) is 15.4 Å². The normalized spacial score (nSPS) is 11.2. The van der Waals surface area contributed by atoms with Crippen LogP contribution in [0, 0.1) is 18.3 Å². The number of carbonyl (C=O) groups is 1. The number of amides is 1. The van der Waals surface area contributed by atoms with Crippen LogP contribution >= 0.6 is 23.1 Å². The van der Waals surface area contributed by atoms with Gasteiger partial charge in [0.2, 0.25) is 0 Å². The lowest BCUT2D eigenvalue weighted by Gasteiger charge is -2.08. The Balaban J connectivity index is 1.86. The van der Waals surface area contributed by atoms with Gasteiger partial charge in [-0.1, -0.05) is 29.2 Å². The first kappa shape index (κ1) is 21.7. The van der Waals surface area contributed by atoms with Crippen LogP contribution in [-0.4, -0.2) is 33.5 Å². The van der Waals surface area contributed by atoms with Crippen LogP contribution in [0.2, 0.25) is 0 Å². The molecule has 2 aromatic heterocycles. The molecule has 0 unspecified atom stereocenters. The summed E-state index contributed by atoms with van der Waals surface area (Å²) >= 11 is 2.52. The van der Waals surface area contributed by atoms with E-state index in [9.17, 15) is 18.0 Å². The number of benzene rings is 1. The minimum atomic E-state index is -4.50. The number of anilines is 1. The van der Waals surface area contributed by atoms with Gasteiger partial charge < -0.3 is 4.74 Å². The van der Waals surface area contributed by atoms with Crippen molar-refractivity contribution >= 4 is 34.1 Å². The molecule has 1 aromatic carbocycles. The Morgan fingerprint density at radius 2 is 2.20 bits per heavy atom. The number of nitrogens with zero attached hydrogens (tertiary/aromatic N) is 4. The average molecular weight is 453 g/mol. The van der Waals surface area contributed by atoms with Gasteiger partial charge in [-0.15, -0.1) is 0 Å². The fraction of sp³-hybridized carbons (Fsp3) is 0.222. The standard InChI is InChI=1S/C18H14F3N5O2S2/c1-10-16(29-7-6-22)30-17(23-10)24-15(27)14-13(28-2)9-26(25-14)12-5-3-4-11(8-12)18(19,20)21/h3-5,8-9H,7H2,1-2H3,(H,23,24,27). The van der Waals surface area contributed by atoms with Crippen molar-refractivity contribution in [2.24, 2.45) is 0 Å². The van der Waals surface area contributed by atoms with Crippen LogP contribution in [0.3, 0.4) is 0 Å². The average Bonchev–Trinajstić information content (AvgIpc) is 3.29. The molecule has 0 fully saturated rings. The Labute approximate surface area is 177 Å². The fourth-order valence-electron chi connectivity index (χ4n) is 2.45. The Bertz CT molecular complexity index is 1120. The molecule has 0 saturated carbocycles. The van der Waals surface area contributed by atoms with E-state index in [0.717, 1.165) is 21.0 Å². The first-order chi connectivity index (χ1) is 14.2. The molecule has 0 radical (unpaired) electrons. The lowest BCUT2D eigenvalue weighted by atomic mass is 10.2. The maximum atomic E-state index is 13.0. The van der Waals surface area contributed by atoms with Gasteiger partial charge in [0.25, 0.3) is 5.91 Å². The number of aromatic nitrogens is 3. The minimum absolute atomic E-state index is 0.0947. The number of nitrogens with one attached hydrogen (secondary N) is 1. The zero-order chi connectivity index (χ0) is 21.9. The van der Waals surface area contributed by atoms with Crippen LogP contribution in [0.5, 0.6) is 5.75 Å². The monoisotopic (exact) mass is 453 g/mol. The van der Waals surface area contributed by atoms with Gasteiger partial charge in [0.15, 0.2) is 16.6 Å². The van der Waals surface area contributed by atoms with E-state index in [-0.39, 0.29) is 22.9 Å². The third-order valence-corrected chi connectivity index (χ3v) is 6.10. The summed E-state index contributed by atoms with van der Waals surface area (Å²) in [7, 11) is 1.33. The predicted molar refractivity (Wildman–Crippen MR) is 106 cm³/mol. The second kappa shape index (κ2) is 8.76. The van der Waals surface area contributed by atoms with Crippen LogP contribution in [-0.2, 0) is 6.18 Å². The Kier molecular flexibility index (Phi) is 6.33. The molecule has 0 bridgehead atoms. The predicted octanol–water partition coefficient (Wildman–Crippen LogP) is 4.53. The van der Waals surface area contributed by atoms with Crippen LogP contribution in [0.1, 0.15) is 21.7 Å². The zero-order valence-electron chi connectivity index (χ0n) is 15.6. The molecule has 0 aliphatic rings. The SMILES string of the molecule is COc1cn(-c2cccc(C(F)(F)F)c2)nc1C(=O)Nc1nc(C)c(SCC#N)s1. The first-order valence-electron chi connectivity index (χ1n) is 8.32. The van der Waals surface area contributed by atoms with E-state index in [1.807, 2.05) is 6.07 Å². The van der Waals surface area contributed by atoms with Crippen molar-refractivity contribution in [2.45, 2.75) is 17.3 Å². The number of thiazole rings is 1. The molecule has 1 N–H and O–H groups in total. The van der Waals surface area contributed by atoms with E-state index in [1.54, 1.807) is 6.92 Å². The molecule has 2 heterocycles. The molecule has 0 atom stereocenters. The van der Waals surface area contributed by atoms with Crippen LogP contribution in [0.4, 0.5) is 18.3 Å². The molecule has 156 valence electrons. The topological polar surface area (TPSA) is 92.8 Å². The van der Waals surface area contributed by atoms with Gasteiger partial charge in [0, 0.05) is 0 Å². The maximum absolute atomic E-state index is 13.0. The summed E-state index contributed by atoms with van der Waals surface area (Å²) in [5, 5.41) is 15.7. The smallest absolute Gasteiger partial charge is 0.416 e. The van der Waals surface area contributed by atoms with Crippen molar-refractivity contribution < 1.29 is 22.7 Å². The highest BCUT2D eigenvalue weighted by Gasteiger charge is 2.31. The van der Waals surface area contributed by atoms with Crippen molar-refractivity contribution in [2.75, 3.05) is 18.2 Å². The number of rotatable bonds is 6. The number of alkyl halides is 3. The molecular weight excluding hydrogens is 439 g/mol. The summed E-state index contributed by atoms with van der Waals surface area (Å²) in [6, 6.07) is 6.59. The number of ether oxygens (including phenoxy) is 1. The van der Waals surface area contributed by atoms with Crippen molar-refractivity contribution in [3.8, 4) is 17.5 Å². The highest BCUT2D eigenvalue weighted by atomic mass is 32.2. The third-order valence-electron chi connectivity index (χ3n) is 3.80. The molecular formula is C18H14F3N5O2S2. The van der Waals surface area contributed by atoms with Crippen LogP contribution < -0.4 is 10.1 Å². The zero-order valence-corrected chi connectivity index (χ0v) is 17.3. The van der Waals surface area contributed by atoms with Crippen molar-refractivity contribution in [3.05, 3.63) is 47.4 Å². The lowest BCUT2D eigenvalue weighted by Crippen LogP contribution is -2.14. The summed E-state index contributed by atoms with van der Waals surface area (Å²) in [5.74, 6) is -0.272. The Hall–Kier alpha value is -3.04. The van der Waals surface area contributed by atoms with Gasteiger partial charge in [0.1, 0.15) is 0 Å². The maximum Gasteiger partial charge on any atom is 0.416 e. The summed E-state index contributed by atoms with van der Waals surface area (Å²) in [4.78, 5) is 16.9. The molecule has 7 nitrogen and oxygen atoms in total. The number of nitriles is 1. The second-order valence-electron chi connectivity index (χ2n) is 5.83. The summed E-state index contributed by atoms with van der Waals surface area (Å²) in [6.45, 7) is 1.76. The molecule has 0 spiro atoms. The fourth-order valence-corrected chi connectivity index (χ4v) is 4.24. The van der Waals surface area contributed by atoms with Gasteiger partial charge in [-0.05, 0) is 25.1 Å². The van der Waals surface area contributed by atoms with Crippen molar-refractivity contribution in [1.29, 1.82) is 5.26 Å². The van der Waals surface area contributed by atoms with E-state index >= 15 is 0 Å². The number of thioether (sulfide) groups is 1. The van der Waals surface area contributed by atoms with Gasteiger partial charge in [0.05, 0.1) is 46.3 Å².